The largest absolute Gasteiger partial charge is 0.443 e. The fraction of sp³-hybridized carbons (Fsp3) is 0.462. The smallest absolute Gasteiger partial charge is 0.182 e. The third-order valence-corrected chi connectivity index (χ3v) is 2.75. The van der Waals surface area contributed by atoms with E-state index in [-0.39, 0.29) is 5.41 Å². The van der Waals surface area contributed by atoms with Gasteiger partial charge in [0.25, 0.3) is 0 Å². The molecule has 0 fully saturated rings. The van der Waals surface area contributed by atoms with Gasteiger partial charge in [-0.1, -0.05) is 39.8 Å². The molecule has 0 N–H and O–H groups in total. The van der Waals surface area contributed by atoms with Crippen LogP contribution in [0.1, 0.15) is 38.8 Å². The van der Waals surface area contributed by atoms with Gasteiger partial charge in [0.15, 0.2) is 12.0 Å². The highest BCUT2D eigenvalue weighted by Gasteiger charge is 2.19. The lowest BCUT2D eigenvalue weighted by Crippen LogP contribution is -2.11. The van der Waals surface area contributed by atoms with Crippen molar-refractivity contribution in [1.29, 1.82) is 0 Å². The number of aromatic nitrogens is 1. The van der Waals surface area contributed by atoms with Gasteiger partial charge in [-0.2, -0.15) is 0 Å². The maximum absolute atomic E-state index is 5.46. The van der Waals surface area contributed by atoms with Gasteiger partial charge in [-0.3, -0.25) is 0 Å². The van der Waals surface area contributed by atoms with Crippen LogP contribution in [0.2, 0.25) is 0 Å². The predicted molar refractivity (Wildman–Crippen MR) is 62.1 cm³/mol. The lowest BCUT2D eigenvalue weighted by atomic mass is 9.85. The van der Waals surface area contributed by atoms with Crippen LogP contribution < -0.4 is 0 Å². The number of nitrogens with zero attached hydrogens (tertiary/aromatic N) is 1. The Bertz CT molecular complexity index is 477. The maximum atomic E-state index is 5.46. The quantitative estimate of drug-likeness (QED) is 0.706. The molecule has 0 saturated carbocycles. The van der Waals surface area contributed by atoms with E-state index in [1.807, 2.05) is 0 Å². The standard InChI is InChI=1S/C13H17NO/c1-5-9-6-7-10(13(2,3)4)11-12(9)15-8-14-11/h6-8H,5H2,1-4H3. The van der Waals surface area contributed by atoms with Gasteiger partial charge in [0.2, 0.25) is 0 Å². The highest BCUT2D eigenvalue weighted by atomic mass is 16.3. The summed E-state index contributed by atoms with van der Waals surface area (Å²) < 4.78 is 5.46. The van der Waals surface area contributed by atoms with Crippen LogP contribution in [0.4, 0.5) is 0 Å². The molecule has 15 heavy (non-hydrogen) atoms. The summed E-state index contributed by atoms with van der Waals surface area (Å²) in [5.41, 5.74) is 4.56. The van der Waals surface area contributed by atoms with Crippen molar-refractivity contribution in [1.82, 2.24) is 4.98 Å². The zero-order chi connectivity index (χ0) is 11.1. The van der Waals surface area contributed by atoms with Gasteiger partial charge < -0.3 is 4.42 Å². The van der Waals surface area contributed by atoms with Crippen molar-refractivity contribution in [2.24, 2.45) is 0 Å². The Kier molecular flexibility index (Phi) is 2.29. The lowest BCUT2D eigenvalue weighted by Gasteiger charge is -2.19. The number of benzene rings is 1. The van der Waals surface area contributed by atoms with Crippen molar-refractivity contribution >= 4 is 11.1 Å². The molecule has 0 aliphatic rings. The van der Waals surface area contributed by atoms with Crippen molar-refractivity contribution in [3.05, 3.63) is 29.7 Å². The Morgan fingerprint density at radius 1 is 1.27 bits per heavy atom. The molecule has 0 spiro atoms. The van der Waals surface area contributed by atoms with Gasteiger partial charge in [0.05, 0.1) is 0 Å². The van der Waals surface area contributed by atoms with Gasteiger partial charge in [0.1, 0.15) is 5.52 Å². The topological polar surface area (TPSA) is 26.0 Å². The average molecular weight is 203 g/mol. The van der Waals surface area contributed by atoms with Crippen LogP contribution in [0.5, 0.6) is 0 Å². The molecule has 1 aromatic heterocycles. The SMILES string of the molecule is CCc1ccc(C(C)(C)C)c2ncoc12. The highest BCUT2D eigenvalue weighted by molar-refractivity contribution is 5.80. The first-order valence-electron chi connectivity index (χ1n) is 5.39. The Labute approximate surface area is 90.3 Å². The van der Waals surface area contributed by atoms with Crippen molar-refractivity contribution in [3.63, 3.8) is 0 Å². The van der Waals surface area contributed by atoms with Crippen LogP contribution in [0.15, 0.2) is 22.9 Å². The molecule has 2 rings (SSSR count). The van der Waals surface area contributed by atoms with Gasteiger partial charge in [0, 0.05) is 0 Å². The van der Waals surface area contributed by atoms with Gasteiger partial charge >= 0.3 is 0 Å². The van der Waals surface area contributed by atoms with Crippen LogP contribution in [-0.2, 0) is 11.8 Å². The number of rotatable bonds is 1. The zero-order valence-corrected chi connectivity index (χ0v) is 9.79. The minimum absolute atomic E-state index is 0.112. The third kappa shape index (κ3) is 1.65. The summed E-state index contributed by atoms with van der Waals surface area (Å²) in [4.78, 5) is 4.33. The molecule has 2 heteroatoms. The average Bonchev–Trinajstić information content (AvgIpc) is 2.62. The molecule has 2 aromatic rings. The maximum Gasteiger partial charge on any atom is 0.182 e. The number of oxazole rings is 1. The molecular formula is C13H17NO. The minimum atomic E-state index is 0.112. The Morgan fingerprint density at radius 3 is 2.60 bits per heavy atom. The summed E-state index contributed by atoms with van der Waals surface area (Å²) in [7, 11) is 0. The molecule has 0 amide bonds. The summed E-state index contributed by atoms with van der Waals surface area (Å²) in [5.74, 6) is 0. The first-order chi connectivity index (χ1) is 7.04. The van der Waals surface area contributed by atoms with E-state index in [4.69, 9.17) is 4.42 Å². The molecule has 0 unspecified atom stereocenters. The van der Waals surface area contributed by atoms with Crippen molar-refractivity contribution in [3.8, 4) is 0 Å². The van der Waals surface area contributed by atoms with E-state index in [9.17, 15) is 0 Å². The molecule has 2 nitrogen and oxygen atoms in total. The monoisotopic (exact) mass is 203 g/mol. The molecule has 1 heterocycles. The van der Waals surface area contributed by atoms with E-state index < -0.39 is 0 Å². The normalized spacial score (nSPS) is 12.3. The van der Waals surface area contributed by atoms with Crippen molar-refractivity contribution < 1.29 is 4.42 Å². The Balaban J connectivity index is 2.74. The van der Waals surface area contributed by atoms with E-state index in [1.54, 1.807) is 6.39 Å². The van der Waals surface area contributed by atoms with Crippen LogP contribution in [0, 0.1) is 0 Å². The number of aryl methyl sites for hydroxylation is 1. The molecule has 0 aliphatic heterocycles. The summed E-state index contributed by atoms with van der Waals surface area (Å²) in [6.07, 6.45) is 2.52. The van der Waals surface area contributed by atoms with E-state index in [2.05, 4.69) is 44.8 Å². The molecule has 0 saturated heterocycles. The zero-order valence-electron chi connectivity index (χ0n) is 9.79. The Hall–Kier alpha value is -1.31. The van der Waals surface area contributed by atoms with E-state index in [0.717, 1.165) is 17.5 Å². The number of fused-ring (bicyclic) bond motifs is 1. The lowest BCUT2D eigenvalue weighted by molar-refractivity contribution is 0.590. The molecule has 0 radical (unpaired) electrons. The molecule has 0 aliphatic carbocycles. The minimum Gasteiger partial charge on any atom is -0.443 e. The fourth-order valence-electron chi connectivity index (χ4n) is 1.89. The molecule has 0 atom stereocenters. The fourth-order valence-corrected chi connectivity index (χ4v) is 1.89. The van der Waals surface area contributed by atoms with Crippen molar-refractivity contribution in [2.45, 2.75) is 39.5 Å². The van der Waals surface area contributed by atoms with Gasteiger partial charge in [-0.25, -0.2) is 4.98 Å². The van der Waals surface area contributed by atoms with E-state index >= 15 is 0 Å². The second kappa shape index (κ2) is 3.37. The third-order valence-electron chi connectivity index (χ3n) is 2.75. The second-order valence-corrected chi connectivity index (χ2v) is 4.91. The summed E-state index contributed by atoms with van der Waals surface area (Å²) in [6, 6.07) is 4.32. The summed E-state index contributed by atoms with van der Waals surface area (Å²) in [5, 5.41) is 0. The second-order valence-electron chi connectivity index (χ2n) is 4.91. The van der Waals surface area contributed by atoms with Crippen molar-refractivity contribution in [2.75, 3.05) is 0 Å². The van der Waals surface area contributed by atoms with Crippen LogP contribution in [0.25, 0.3) is 11.1 Å². The number of hydrogen-bond donors (Lipinski definition) is 0. The molecule has 1 aromatic carbocycles. The first-order valence-corrected chi connectivity index (χ1v) is 5.39. The van der Waals surface area contributed by atoms with Crippen LogP contribution in [0.3, 0.4) is 0 Å². The number of hydrogen-bond acceptors (Lipinski definition) is 2. The molecule has 0 bridgehead atoms. The van der Waals surface area contributed by atoms with Gasteiger partial charge in [-0.05, 0) is 23.0 Å². The molecular weight excluding hydrogens is 186 g/mol. The first kappa shape index (κ1) is 10.2. The van der Waals surface area contributed by atoms with Crippen LogP contribution in [-0.4, -0.2) is 4.98 Å². The van der Waals surface area contributed by atoms with E-state index in [1.165, 1.54) is 11.1 Å². The van der Waals surface area contributed by atoms with Gasteiger partial charge in [-0.15, -0.1) is 0 Å². The van der Waals surface area contributed by atoms with E-state index in [0.29, 0.717) is 0 Å². The summed E-state index contributed by atoms with van der Waals surface area (Å²) >= 11 is 0. The van der Waals surface area contributed by atoms with Crippen LogP contribution >= 0.6 is 0 Å². The molecule has 80 valence electrons. The Morgan fingerprint density at radius 2 is 2.00 bits per heavy atom. The highest BCUT2D eigenvalue weighted by Crippen LogP contribution is 2.31. The summed E-state index contributed by atoms with van der Waals surface area (Å²) in [6.45, 7) is 8.72. The predicted octanol–water partition coefficient (Wildman–Crippen LogP) is 3.69.